The number of hydrogen-bond donors (Lipinski definition) is 2. The van der Waals surface area contributed by atoms with Crippen molar-refractivity contribution < 1.29 is 27.9 Å². The molecular weight excluding hydrogens is 496 g/mol. The van der Waals surface area contributed by atoms with Gasteiger partial charge in [0.1, 0.15) is 18.4 Å². The van der Waals surface area contributed by atoms with Crippen LogP contribution in [0.3, 0.4) is 0 Å². The van der Waals surface area contributed by atoms with Gasteiger partial charge in [-0.2, -0.15) is 5.10 Å². The number of amides is 3. The number of aromatic amines is 1. The third kappa shape index (κ3) is 3.24. The van der Waals surface area contributed by atoms with Crippen LogP contribution in [0.1, 0.15) is 46.3 Å². The van der Waals surface area contributed by atoms with Crippen molar-refractivity contribution in [3.63, 3.8) is 0 Å². The lowest BCUT2D eigenvalue weighted by Gasteiger charge is -2.44. The zero-order valence-corrected chi connectivity index (χ0v) is 20.4. The Balaban J connectivity index is 1.15. The highest BCUT2D eigenvalue weighted by Crippen LogP contribution is 2.55. The summed E-state index contributed by atoms with van der Waals surface area (Å²) in [5.41, 5.74) is 1.65. The van der Waals surface area contributed by atoms with Crippen molar-refractivity contribution in [1.82, 2.24) is 25.3 Å². The molecule has 4 aliphatic rings. The molecule has 4 aliphatic heterocycles. The van der Waals surface area contributed by atoms with Gasteiger partial charge in [0, 0.05) is 35.0 Å². The second-order valence-electron chi connectivity index (χ2n) is 10.7. The molecule has 2 atom stereocenters. The summed E-state index contributed by atoms with van der Waals surface area (Å²) < 4.78 is 38.0. The van der Waals surface area contributed by atoms with Crippen LogP contribution in [0.5, 0.6) is 5.75 Å². The molecule has 0 bridgehead atoms. The lowest BCUT2D eigenvalue weighted by Crippen LogP contribution is -2.58. The number of nitrogens with zero attached hydrogens (tertiary/aromatic N) is 3. The van der Waals surface area contributed by atoms with Crippen molar-refractivity contribution in [3.05, 3.63) is 58.8 Å². The van der Waals surface area contributed by atoms with Crippen LogP contribution in [0.15, 0.2) is 36.5 Å². The molecule has 2 saturated heterocycles. The van der Waals surface area contributed by atoms with Gasteiger partial charge < -0.3 is 9.64 Å². The number of carbonyl (C=O) groups is 3. The largest absolute Gasteiger partial charge is 0.492 e. The van der Waals surface area contributed by atoms with E-state index in [9.17, 15) is 14.4 Å². The molecule has 2 aromatic carbocycles. The van der Waals surface area contributed by atoms with Crippen LogP contribution in [-0.4, -0.2) is 69.4 Å². The summed E-state index contributed by atoms with van der Waals surface area (Å²) in [6.45, 7) is 0.360. The topological polar surface area (TPSA) is 108 Å². The third-order valence-electron chi connectivity index (χ3n) is 8.59. The molecule has 1 spiro atoms. The molecule has 5 heterocycles. The van der Waals surface area contributed by atoms with E-state index in [1.54, 1.807) is 23.2 Å². The van der Waals surface area contributed by atoms with E-state index in [1.807, 2.05) is 18.2 Å². The SMILES string of the molecule is O=C1CC[C@H](N2Cc3c(ccc4c3OCC43CCN(Cc4cccc5[nH]ncc45)CC3(F)F)C2=O)C(=O)N1. The molecule has 0 saturated carbocycles. The molecule has 3 amide bonds. The van der Waals surface area contributed by atoms with Gasteiger partial charge in [0.05, 0.1) is 30.2 Å². The molecule has 1 unspecified atom stereocenters. The van der Waals surface area contributed by atoms with Crippen LogP contribution in [0.25, 0.3) is 10.9 Å². The highest BCUT2D eigenvalue weighted by atomic mass is 19.3. The van der Waals surface area contributed by atoms with Crippen molar-refractivity contribution >= 4 is 28.6 Å². The Morgan fingerprint density at radius 2 is 2.03 bits per heavy atom. The maximum Gasteiger partial charge on any atom is 0.273 e. The standard InChI is InChI=1S/C27H25F2N5O4/c28-27(29)13-33(11-15-2-1-3-20-17(15)10-30-32-20)9-8-26(27)14-38-23-18-12-34(21-6-7-22(35)31-24(21)36)25(37)16(18)4-5-19(23)26/h1-5,10,21H,6-9,11-14H2,(H,30,32)(H,31,35,36)/t21-,26?/m0/s1. The molecule has 0 aliphatic carbocycles. The van der Waals surface area contributed by atoms with E-state index in [1.165, 1.54) is 4.90 Å². The third-order valence-corrected chi connectivity index (χ3v) is 8.59. The number of fused-ring (bicyclic) bond motifs is 5. The molecule has 38 heavy (non-hydrogen) atoms. The molecule has 11 heteroatoms. The second kappa shape index (κ2) is 8.07. The van der Waals surface area contributed by atoms with Crippen molar-refractivity contribution in [3.8, 4) is 5.75 Å². The molecule has 9 nitrogen and oxygen atoms in total. The number of rotatable bonds is 3. The molecule has 7 rings (SSSR count). The maximum absolute atomic E-state index is 16.0. The highest BCUT2D eigenvalue weighted by Gasteiger charge is 2.62. The number of H-pyrrole nitrogens is 1. The summed E-state index contributed by atoms with van der Waals surface area (Å²) in [5, 5.41) is 10.2. The van der Waals surface area contributed by atoms with Gasteiger partial charge in [-0.1, -0.05) is 18.2 Å². The van der Waals surface area contributed by atoms with Gasteiger partial charge in [-0.15, -0.1) is 0 Å². The minimum Gasteiger partial charge on any atom is -0.492 e. The number of likely N-dealkylation sites (tertiary alicyclic amines) is 1. The smallest absolute Gasteiger partial charge is 0.273 e. The van der Waals surface area contributed by atoms with Crippen molar-refractivity contribution in [2.24, 2.45) is 0 Å². The van der Waals surface area contributed by atoms with E-state index in [4.69, 9.17) is 4.74 Å². The molecule has 0 radical (unpaired) electrons. The molecule has 1 aromatic heterocycles. The zero-order valence-electron chi connectivity index (χ0n) is 20.4. The Hall–Kier alpha value is -3.86. The van der Waals surface area contributed by atoms with Gasteiger partial charge in [0.15, 0.2) is 0 Å². The summed E-state index contributed by atoms with van der Waals surface area (Å²) in [6.07, 6.45) is 2.30. The summed E-state index contributed by atoms with van der Waals surface area (Å²) in [5.74, 6) is -3.96. The number of carbonyl (C=O) groups excluding carboxylic acids is 3. The average molecular weight is 522 g/mol. The van der Waals surface area contributed by atoms with Gasteiger partial charge in [0.2, 0.25) is 11.8 Å². The molecule has 2 N–H and O–H groups in total. The summed E-state index contributed by atoms with van der Waals surface area (Å²) in [4.78, 5) is 40.3. The predicted molar refractivity (Wildman–Crippen MR) is 131 cm³/mol. The summed E-state index contributed by atoms with van der Waals surface area (Å²) >= 11 is 0. The minimum atomic E-state index is -3.07. The van der Waals surface area contributed by atoms with Gasteiger partial charge in [-0.3, -0.25) is 29.7 Å². The second-order valence-corrected chi connectivity index (χ2v) is 10.7. The van der Waals surface area contributed by atoms with Gasteiger partial charge in [-0.25, -0.2) is 8.78 Å². The first-order chi connectivity index (χ1) is 18.3. The van der Waals surface area contributed by atoms with Crippen LogP contribution in [-0.2, 0) is 28.1 Å². The fraction of sp³-hybridized carbons (Fsp3) is 0.407. The van der Waals surface area contributed by atoms with Crippen LogP contribution >= 0.6 is 0 Å². The first-order valence-electron chi connectivity index (χ1n) is 12.7. The van der Waals surface area contributed by atoms with Crippen molar-refractivity contribution in [2.45, 2.75) is 49.7 Å². The number of ether oxygens (including phenoxy) is 1. The number of alkyl halides is 2. The number of piperidine rings is 2. The number of aromatic nitrogens is 2. The van der Waals surface area contributed by atoms with Gasteiger partial charge in [0.25, 0.3) is 11.8 Å². The molecule has 2 fully saturated rings. The monoisotopic (exact) mass is 521 g/mol. The number of hydrogen-bond acceptors (Lipinski definition) is 6. The molecule has 196 valence electrons. The zero-order chi connectivity index (χ0) is 26.2. The minimum absolute atomic E-state index is 0.0894. The Morgan fingerprint density at radius 1 is 1.16 bits per heavy atom. The van der Waals surface area contributed by atoms with Crippen LogP contribution in [0.2, 0.25) is 0 Å². The highest BCUT2D eigenvalue weighted by molar-refractivity contribution is 6.05. The van der Waals surface area contributed by atoms with E-state index in [-0.39, 0.29) is 44.2 Å². The molecule has 3 aromatic rings. The average Bonchev–Trinajstić information content (AvgIpc) is 3.59. The van der Waals surface area contributed by atoms with E-state index >= 15 is 8.78 Å². The van der Waals surface area contributed by atoms with E-state index in [0.717, 1.165) is 16.5 Å². The van der Waals surface area contributed by atoms with E-state index < -0.39 is 29.8 Å². The fourth-order valence-corrected chi connectivity index (χ4v) is 6.52. The van der Waals surface area contributed by atoms with E-state index in [2.05, 4.69) is 15.5 Å². The number of nitrogens with one attached hydrogen (secondary N) is 2. The Kier molecular flexibility index (Phi) is 4.94. The molecular formula is C27H25F2N5O4. The van der Waals surface area contributed by atoms with Gasteiger partial charge >= 0.3 is 0 Å². The number of imide groups is 1. The van der Waals surface area contributed by atoms with Crippen molar-refractivity contribution in [2.75, 3.05) is 19.7 Å². The van der Waals surface area contributed by atoms with Crippen molar-refractivity contribution in [1.29, 1.82) is 0 Å². The summed E-state index contributed by atoms with van der Waals surface area (Å²) in [7, 11) is 0. The lowest BCUT2D eigenvalue weighted by molar-refractivity contribution is -0.137. The van der Waals surface area contributed by atoms with E-state index in [0.29, 0.717) is 35.5 Å². The fourth-order valence-electron chi connectivity index (χ4n) is 6.52. The summed E-state index contributed by atoms with van der Waals surface area (Å²) in [6, 6.07) is 8.14. The normalized spacial score (nSPS) is 26.5. The Morgan fingerprint density at radius 3 is 2.84 bits per heavy atom. The first-order valence-corrected chi connectivity index (χ1v) is 12.7. The van der Waals surface area contributed by atoms with Gasteiger partial charge in [-0.05, 0) is 37.1 Å². The number of benzene rings is 2. The lowest BCUT2D eigenvalue weighted by atomic mass is 9.71. The first kappa shape index (κ1) is 23.3. The van der Waals surface area contributed by atoms with Crippen LogP contribution < -0.4 is 10.1 Å². The Bertz CT molecular complexity index is 1520. The maximum atomic E-state index is 16.0. The van der Waals surface area contributed by atoms with Crippen LogP contribution in [0, 0.1) is 0 Å². The van der Waals surface area contributed by atoms with Crippen LogP contribution in [0.4, 0.5) is 8.78 Å². The predicted octanol–water partition coefficient (Wildman–Crippen LogP) is 2.50. The number of halogens is 2. The quantitative estimate of drug-likeness (QED) is 0.513. The Labute approximate surface area is 216 Å².